The van der Waals surface area contributed by atoms with Crippen molar-refractivity contribution in [3.8, 4) is 17.6 Å². The van der Waals surface area contributed by atoms with E-state index in [2.05, 4.69) is 13.0 Å². The van der Waals surface area contributed by atoms with E-state index in [9.17, 15) is 5.26 Å². The summed E-state index contributed by atoms with van der Waals surface area (Å²) in [6.45, 7) is 5.94. The third kappa shape index (κ3) is 3.53. The van der Waals surface area contributed by atoms with Gasteiger partial charge in [-0.1, -0.05) is 24.6 Å². The summed E-state index contributed by atoms with van der Waals surface area (Å²) in [6.07, 6.45) is 0. The number of nitrogens with zero attached hydrogens (tertiary/aromatic N) is 1. The van der Waals surface area contributed by atoms with Crippen LogP contribution in [0, 0.1) is 25.2 Å². The highest BCUT2D eigenvalue weighted by atomic mass is 35.5. The van der Waals surface area contributed by atoms with Crippen LogP contribution in [0.5, 0.6) is 11.5 Å². The van der Waals surface area contributed by atoms with Gasteiger partial charge in [0.25, 0.3) is 0 Å². The molecule has 0 saturated heterocycles. The second-order valence-electron chi connectivity index (χ2n) is 4.65. The fourth-order valence-electron chi connectivity index (χ4n) is 2.07. The second-order valence-corrected chi connectivity index (χ2v) is 6.33. The van der Waals surface area contributed by atoms with Gasteiger partial charge in [-0.25, -0.2) is 0 Å². The van der Waals surface area contributed by atoms with Crippen molar-refractivity contribution >= 4 is 23.4 Å². The van der Waals surface area contributed by atoms with Gasteiger partial charge >= 0.3 is 0 Å². The van der Waals surface area contributed by atoms with Crippen molar-refractivity contribution in [2.24, 2.45) is 0 Å². The Labute approximate surface area is 134 Å². The van der Waals surface area contributed by atoms with Crippen molar-refractivity contribution in [3.63, 3.8) is 0 Å². The Morgan fingerprint density at radius 3 is 2.48 bits per heavy atom. The Morgan fingerprint density at radius 2 is 1.90 bits per heavy atom. The number of aryl methyl sites for hydroxylation is 2. The fraction of sp³-hybridized carbons (Fsp3) is 0.235. The topological polar surface area (TPSA) is 33.0 Å². The van der Waals surface area contributed by atoms with Gasteiger partial charge in [0.1, 0.15) is 23.1 Å². The average Bonchev–Trinajstić information content (AvgIpc) is 2.45. The Bertz CT molecular complexity index is 683. The summed E-state index contributed by atoms with van der Waals surface area (Å²) >= 11 is 7.80. The lowest BCUT2D eigenvalue weighted by molar-refractivity contribution is 0.479. The van der Waals surface area contributed by atoms with Crippen LogP contribution in [0.4, 0.5) is 0 Å². The molecule has 0 spiro atoms. The zero-order chi connectivity index (χ0) is 15.4. The molecule has 0 N–H and O–H groups in total. The first-order valence-corrected chi connectivity index (χ1v) is 8.03. The predicted octanol–water partition coefficient (Wildman–Crippen LogP) is 5.73. The van der Waals surface area contributed by atoms with E-state index in [1.165, 1.54) is 0 Å². The average molecular weight is 318 g/mol. The molecule has 0 aliphatic rings. The van der Waals surface area contributed by atoms with Crippen LogP contribution in [-0.4, -0.2) is 5.75 Å². The maximum Gasteiger partial charge on any atom is 0.146 e. The number of thioether (sulfide) groups is 1. The van der Waals surface area contributed by atoms with E-state index in [1.807, 2.05) is 44.2 Å². The zero-order valence-corrected chi connectivity index (χ0v) is 13.8. The van der Waals surface area contributed by atoms with Gasteiger partial charge in [-0.2, -0.15) is 5.26 Å². The van der Waals surface area contributed by atoms with Crippen LogP contribution in [0.3, 0.4) is 0 Å². The standard InChI is InChI=1S/C17H16ClNOS/c1-4-21-16-7-5-6-15(14(16)10-19)20-13-8-11(2)17(18)12(3)9-13/h5-9H,4H2,1-3H3. The molecule has 2 aromatic carbocycles. The molecule has 4 heteroatoms. The van der Waals surface area contributed by atoms with Crippen LogP contribution >= 0.6 is 23.4 Å². The molecule has 0 fully saturated rings. The van der Waals surface area contributed by atoms with E-state index >= 15 is 0 Å². The minimum Gasteiger partial charge on any atom is -0.456 e. The minimum absolute atomic E-state index is 0.578. The lowest BCUT2D eigenvalue weighted by Gasteiger charge is -2.12. The number of hydrogen-bond donors (Lipinski definition) is 0. The first-order valence-electron chi connectivity index (χ1n) is 6.67. The first-order chi connectivity index (χ1) is 10.1. The normalized spacial score (nSPS) is 10.2. The fourth-order valence-corrected chi connectivity index (χ4v) is 2.96. The Balaban J connectivity index is 2.40. The maximum absolute atomic E-state index is 9.39. The van der Waals surface area contributed by atoms with Gasteiger partial charge in [0.2, 0.25) is 0 Å². The third-order valence-electron chi connectivity index (χ3n) is 3.04. The molecule has 2 nitrogen and oxygen atoms in total. The molecule has 2 aromatic rings. The van der Waals surface area contributed by atoms with Gasteiger partial charge in [-0.15, -0.1) is 11.8 Å². The van der Waals surface area contributed by atoms with Gasteiger partial charge in [0.05, 0.1) is 0 Å². The molecule has 0 radical (unpaired) electrons. The molecule has 0 unspecified atom stereocenters. The molecule has 0 aliphatic heterocycles. The lowest BCUT2D eigenvalue weighted by Crippen LogP contribution is -1.92. The first kappa shape index (κ1) is 15.8. The Hall–Kier alpha value is -1.63. The molecule has 2 rings (SSSR count). The molecule has 0 aliphatic carbocycles. The number of rotatable bonds is 4. The summed E-state index contributed by atoms with van der Waals surface area (Å²) in [5, 5.41) is 10.1. The molecule has 0 saturated carbocycles. The summed E-state index contributed by atoms with van der Waals surface area (Å²) in [5.74, 6) is 2.19. The molecule has 0 amide bonds. The van der Waals surface area contributed by atoms with Crippen molar-refractivity contribution in [1.29, 1.82) is 5.26 Å². The smallest absolute Gasteiger partial charge is 0.146 e. The second kappa shape index (κ2) is 6.89. The highest BCUT2D eigenvalue weighted by molar-refractivity contribution is 7.99. The summed E-state index contributed by atoms with van der Waals surface area (Å²) < 4.78 is 5.91. The highest BCUT2D eigenvalue weighted by Gasteiger charge is 2.11. The quantitative estimate of drug-likeness (QED) is 0.675. The van der Waals surface area contributed by atoms with E-state index in [-0.39, 0.29) is 0 Å². The number of nitriles is 1. The summed E-state index contributed by atoms with van der Waals surface area (Å²) in [5.41, 5.74) is 2.50. The van der Waals surface area contributed by atoms with Crippen LogP contribution in [-0.2, 0) is 0 Å². The van der Waals surface area contributed by atoms with Gasteiger partial charge in [0.15, 0.2) is 0 Å². The lowest BCUT2D eigenvalue weighted by atomic mass is 10.1. The van der Waals surface area contributed by atoms with Crippen LogP contribution < -0.4 is 4.74 Å². The maximum atomic E-state index is 9.39. The molecular formula is C17H16ClNOS. The predicted molar refractivity (Wildman–Crippen MR) is 88.6 cm³/mol. The Kier molecular flexibility index (Phi) is 5.17. The third-order valence-corrected chi connectivity index (χ3v) is 4.57. The highest BCUT2D eigenvalue weighted by Crippen LogP contribution is 2.34. The van der Waals surface area contributed by atoms with Crippen LogP contribution in [0.25, 0.3) is 0 Å². The van der Waals surface area contributed by atoms with Crippen LogP contribution in [0.15, 0.2) is 35.2 Å². The van der Waals surface area contributed by atoms with Gasteiger partial charge in [-0.3, -0.25) is 0 Å². The van der Waals surface area contributed by atoms with Crippen LogP contribution in [0.2, 0.25) is 5.02 Å². The summed E-state index contributed by atoms with van der Waals surface area (Å²) in [6, 6.07) is 11.7. The van der Waals surface area contributed by atoms with E-state index in [1.54, 1.807) is 11.8 Å². The van der Waals surface area contributed by atoms with Crippen molar-refractivity contribution < 1.29 is 4.74 Å². The van der Waals surface area contributed by atoms with Crippen molar-refractivity contribution in [2.45, 2.75) is 25.7 Å². The van der Waals surface area contributed by atoms with Crippen LogP contribution in [0.1, 0.15) is 23.6 Å². The number of halogens is 1. The van der Waals surface area contributed by atoms with E-state index < -0.39 is 0 Å². The zero-order valence-electron chi connectivity index (χ0n) is 12.2. The number of ether oxygens (including phenoxy) is 1. The van der Waals surface area contributed by atoms with E-state index in [4.69, 9.17) is 16.3 Å². The van der Waals surface area contributed by atoms with E-state index in [0.717, 1.165) is 26.8 Å². The Morgan fingerprint density at radius 1 is 1.24 bits per heavy atom. The minimum atomic E-state index is 0.578. The molecular weight excluding hydrogens is 302 g/mol. The monoisotopic (exact) mass is 317 g/mol. The number of benzene rings is 2. The van der Waals surface area contributed by atoms with Crippen molar-refractivity contribution in [3.05, 3.63) is 52.0 Å². The SMILES string of the molecule is CCSc1cccc(Oc2cc(C)c(Cl)c(C)c2)c1C#N. The van der Waals surface area contributed by atoms with Crippen molar-refractivity contribution in [1.82, 2.24) is 0 Å². The summed E-state index contributed by atoms with van der Waals surface area (Å²) in [4.78, 5) is 0.944. The molecule has 0 bridgehead atoms. The van der Waals surface area contributed by atoms with Crippen molar-refractivity contribution in [2.75, 3.05) is 5.75 Å². The molecule has 21 heavy (non-hydrogen) atoms. The number of hydrogen-bond acceptors (Lipinski definition) is 3. The largest absolute Gasteiger partial charge is 0.456 e. The van der Waals surface area contributed by atoms with Gasteiger partial charge in [-0.05, 0) is 55.0 Å². The molecule has 108 valence electrons. The summed E-state index contributed by atoms with van der Waals surface area (Å²) in [7, 11) is 0. The van der Waals surface area contributed by atoms with Gasteiger partial charge in [0, 0.05) is 9.92 Å². The van der Waals surface area contributed by atoms with E-state index in [0.29, 0.717) is 17.1 Å². The molecule has 0 atom stereocenters. The molecule has 0 aromatic heterocycles. The molecule has 0 heterocycles. The van der Waals surface area contributed by atoms with Gasteiger partial charge < -0.3 is 4.74 Å².